The van der Waals surface area contributed by atoms with E-state index in [2.05, 4.69) is 22.2 Å². The van der Waals surface area contributed by atoms with Gasteiger partial charge in [0.15, 0.2) is 0 Å². The van der Waals surface area contributed by atoms with Crippen molar-refractivity contribution in [2.45, 2.75) is 6.92 Å². The van der Waals surface area contributed by atoms with Gasteiger partial charge in [0.25, 0.3) is 0 Å². The summed E-state index contributed by atoms with van der Waals surface area (Å²) in [6, 6.07) is 7.74. The van der Waals surface area contributed by atoms with Crippen LogP contribution in [0.2, 0.25) is 0 Å². The van der Waals surface area contributed by atoms with Crippen LogP contribution in [0.25, 0.3) is 0 Å². The fraction of sp³-hybridized carbons (Fsp3) is 0.353. The number of likely N-dealkylation sites (N-methyl/N-ethyl adjacent to an activating group) is 1. The normalized spacial score (nSPS) is 20.1. The molecule has 0 saturated carbocycles. The molecular weight excluding hydrogens is 324 g/mol. The first kappa shape index (κ1) is 16.6. The Bertz CT molecular complexity index is 721. The number of benzene rings is 1. The zero-order chi connectivity index (χ0) is 17.1. The number of ether oxygens (including phenoxy) is 1. The highest BCUT2D eigenvalue weighted by Crippen LogP contribution is 2.30. The van der Waals surface area contributed by atoms with Crippen molar-refractivity contribution >= 4 is 40.4 Å². The molecule has 2 aliphatic rings. The first-order valence-electron chi connectivity index (χ1n) is 7.85. The summed E-state index contributed by atoms with van der Waals surface area (Å²) in [6.07, 6.45) is 1.40. The molecule has 0 amide bonds. The standard InChI is InChI=1S/C17H20N4O2S/c1-12(22)23-11-13-16(21-9-7-20(2)8-10-21)18-14-5-3-4-6-15(14)19-17(13)24/h3-6,11H,7-10H2,1-2H3,(H,19,24). The Balaban J connectivity index is 2.02. The molecule has 3 rings (SSSR count). The summed E-state index contributed by atoms with van der Waals surface area (Å²) in [5.41, 5.74) is 2.29. The first-order chi connectivity index (χ1) is 11.5. The number of thiocarbonyl (C=S) groups is 1. The molecule has 1 saturated heterocycles. The third-order valence-electron chi connectivity index (χ3n) is 4.01. The van der Waals surface area contributed by atoms with Gasteiger partial charge in [-0.25, -0.2) is 4.99 Å². The molecule has 0 spiro atoms. The van der Waals surface area contributed by atoms with Crippen LogP contribution in [0.15, 0.2) is 41.1 Å². The maximum atomic E-state index is 11.2. The van der Waals surface area contributed by atoms with Crippen LogP contribution < -0.4 is 5.32 Å². The van der Waals surface area contributed by atoms with Crippen LogP contribution in [0.4, 0.5) is 11.4 Å². The Labute approximate surface area is 146 Å². The zero-order valence-corrected chi connectivity index (χ0v) is 14.6. The van der Waals surface area contributed by atoms with Crippen LogP contribution in [0.3, 0.4) is 0 Å². The monoisotopic (exact) mass is 344 g/mol. The molecule has 6 nitrogen and oxygen atoms in total. The highest BCUT2D eigenvalue weighted by Gasteiger charge is 2.26. The summed E-state index contributed by atoms with van der Waals surface area (Å²) in [4.78, 5) is 21.0. The van der Waals surface area contributed by atoms with Gasteiger partial charge in [-0.15, -0.1) is 0 Å². The Kier molecular flexibility index (Phi) is 4.92. The first-order valence-corrected chi connectivity index (χ1v) is 8.26. The maximum Gasteiger partial charge on any atom is 0.307 e. The summed E-state index contributed by atoms with van der Waals surface area (Å²) in [5.74, 6) is 0.358. The maximum absolute atomic E-state index is 11.2. The third kappa shape index (κ3) is 3.63. The van der Waals surface area contributed by atoms with Crippen molar-refractivity contribution in [3.05, 3.63) is 36.1 Å². The van der Waals surface area contributed by atoms with Crippen molar-refractivity contribution in [2.24, 2.45) is 4.99 Å². The molecule has 126 valence electrons. The van der Waals surface area contributed by atoms with Gasteiger partial charge in [0.1, 0.15) is 17.1 Å². The number of para-hydroxylation sites is 2. The topological polar surface area (TPSA) is 57.2 Å². The van der Waals surface area contributed by atoms with E-state index >= 15 is 0 Å². The summed E-state index contributed by atoms with van der Waals surface area (Å²) in [6.45, 7) is 4.95. The molecular formula is C17H20N4O2S. The number of aliphatic imine (C=N–C) groups is 1. The second-order valence-corrected chi connectivity index (χ2v) is 6.25. The smallest absolute Gasteiger partial charge is 0.307 e. The Hall–Kier alpha value is -2.25. The van der Waals surface area contributed by atoms with Crippen LogP contribution in [0, 0.1) is 0 Å². The number of hydrogen-bond acceptors (Lipinski definition) is 6. The number of piperazine rings is 1. The van der Waals surface area contributed by atoms with Crippen molar-refractivity contribution in [3.8, 4) is 0 Å². The van der Waals surface area contributed by atoms with Gasteiger partial charge < -0.3 is 19.9 Å². The Morgan fingerprint density at radius 3 is 2.71 bits per heavy atom. The molecule has 0 unspecified atom stereocenters. The van der Waals surface area contributed by atoms with E-state index in [-0.39, 0.29) is 5.97 Å². The number of nitrogens with zero attached hydrogens (tertiary/aromatic N) is 3. The third-order valence-corrected chi connectivity index (χ3v) is 4.33. The molecule has 0 aliphatic carbocycles. The molecule has 7 heteroatoms. The Morgan fingerprint density at radius 1 is 1.29 bits per heavy atom. The van der Waals surface area contributed by atoms with Gasteiger partial charge in [0, 0.05) is 33.1 Å². The minimum Gasteiger partial charge on any atom is -0.434 e. The molecule has 0 radical (unpaired) electrons. The number of hydrogen-bond donors (Lipinski definition) is 1. The molecule has 2 aliphatic heterocycles. The molecule has 0 aromatic heterocycles. The number of carbonyl (C=O) groups is 1. The van der Waals surface area contributed by atoms with Crippen LogP contribution in [-0.4, -0.2) is 59.8 Å². The lowest BCUT2D eigenvalue weighted by atomic mass is 10.2. The predicted octanol–water partition coefficient (Wildman–Crippen LogP) is 2.16. The fourth-order valence-corrected chi connectivity index (χ4v) is 2.90. The van der Waals surface area contributed by atoms with Gasteiger partial charge in [0.2, 0.25) is 0 Å². The zero-order valence-electron chi connectivity index (χ0n) is 13.8. The van der Waals surface area contributed by atoms with Crippen molar-refractivity contribution in [3.63, 3.8) is 0 Å². The highest BCUT2D eigenvalue weighted by atomic mass is 32.1. The van der Waals surface area contributed by atoms with Gasteiger partial charge in [-0.05, 0) is 19.2 Å². The predicted molar refractivity (Wildman–Crippen MR) is 98.7 cm³/mol. The van der Waals surface area contributed by atoms with E-state index in [1.165, 1.54) is 13.2 Å². The quantitative estimate of drug-likeness (QED) is 0.365. The molecule has 1 aromatic carbocycles. The van der Waals surface area contributed by atoms with Gasteiger partial charge in [-0.2, -0.15) is 0 Å². The average molecular weight is 344 g/mol. The van der Waals surface area contributed by atoms with Gasteiger partial charge in [0.05, 0.1) is 16.9 Å². The minimum atomic E-state index is -0.384. The average Bonchev–Trinajstić information content (AvgIpc) is 2.69. The molecule has 2 heterocycles. The lowest BCUT2D eigenvalue weighted by Gasteiger charge is -2.34. The lowest BCUT2D eigenvalue weighted by molar-refractivity contribution is -0.135. The number of esters is 1. The van der Waals surface area contributed by atoms with E-state index in [0.29, 0.717) is 10.6 Å². The molecule has 24 heavy (non-hydrogen) atoms. The number of amidine groups is 1. The molecule has 0 bridgehead atoms. The number of carbonyl (C=O) groups excluding carboxylic acids is 1. The number of anilines is 1. The van der Waals surface area contributed by atoms with Crippen LogP contribution in [-0.2, 0) is 9.53 Å². The second-order valence-electron chi connectivity index (χ2n) is 5.84. The van der Waals surface area contributed by atoms with Crippen LogP contribution in [0.5, 0.6) is 0 Å². The van der Waals surface area contributed by atoms with E-state index in [1.54, 1.807) is 0 Å². The SMILES string of the molecule is CC(=O)OC=C1C(=S)Nc2ccccc2N=C1N1CCN(C)CC1. The molecule has 1 fully saturated rings. The van der Waals surface area contributed by atoms with Crippen molar-refractivity contribution in [1.82, 2.24) is 9.80 Å². The molecule has 0 atom stereocenters. The Morgan fingerprint density at radius 2 is 2.00 bits per heavy atom. The summed E-state index contributed by atoms with van der Waals surface area (Å²) >= 11 is 5.52. The number of rotatable bonds is 1. The van der Waals surface area contributed by atoms with E-state index < -0.39 is 0 Å². The van der Waals surface area contributed by atoms with E-state index in [4.69, 9.17) is 21.9 Å². The van der Waals surface area contributed by atoms with E-state index in [0.717, 1.165) is 43.4 Å². The molecule has 1 N–H and O–H groups in total. The summed E-state index contributed by atoms with van der Waals surface area (Å²) < 4.78 is 5.10. The van der Waals surface area contributed by atoms with Crippen molar-refractivity contribution in [1.29, 1.82) is 0 Å². The van der Waals surface area contributed by atoms with Crippen molar-refractivity contribution in [2.75, 3.05) is 38.5 Å². The van der Waals surface area contributed by atoms with Crippen molar-refractivity contribution < 1.29 is 9.53 Å². The summed E-state index contributed by atoms with van der Waals surface area (Å²) in [7, 11) is 2.10. The summed E-state index contributed by atoms with van der Waals surface area (Å²) in [5, 5.41) is 3.19. The van der Waals surface area contributed by atoms with Gasteiger partial charge in [-0.3, -0.25) is 4.79 Å². The molecule has 1 aromatic rings. The largest absolute Gasteiger partial charge is 0.434 e. The second kappa shape index (κ2) is 7.11. The van der Waals surface area contributed by atoms with Crippen LogP contribution >= 0.6 is 12.2 Å². The number of fused-ring (bicyclic) bond motifs is 1. The lowest BCUT2D eigenvalue weighted by Crippen LogP contribution is -2.48. The van der Waals surface area contributed by atoms with E-state index in [9.17, 15) is 4.79 Å². The number of nitrogens with one attached hydrogen (secondary N) is 1. The van der Waals surface area contributed by atoms with E-state index in [1.807, 2.05) is 24.3 Å². The van der Waals surface area contributed by atoms with Gasteiger partial charge >= 0.3 is 5.97 Å². The fourth-order valence-electron chi connectivity index (χ4n) is 2.65. The minimum absolute atomic E-state index is 0.384. The van der Waals surface area contributed by atoms with Gasteiger partial charge in [-0.1, -0.05) is 24.4 Å². The highest BCUT2D eigenvalue weighted by molar-refractivity contribution is 7.81. The van der Waals surface area contributed by atoms with Crippen LogP contribution in [0.1, 0.15) is 6.92 Å².